The second-order valence-electron chi connectivity index (χ2n) is 0. The van der Waals surface area contributed by atoms with Gasteiger partial charge in [-0.25, -0.2) is 0 Å². The van der Waals surface area contributed by atoms with E-state index in [2.05, 4.69) is 0 Å². The molecule has 0 rings (SSSR count). The Labute approximate surface area is 105 Å². The zero-order chi connectivity index (χ0) is 0. The zero-order valence-corrected chi connectivity index (χ0v) is 9.69. The third-order valence-electron chi connectivity index (χ3n) is 0. The molecule has 0 heterocycles. The van der Waals surface area contributed by atoms with Gasteiger partial charge >= 0.3 is 0 Å². The molecule has 0 aliphatic heterocycles. The fourth-order valence-corrected chi connectivity index (χ4v) is 0. The van der Waals surface area contributed by atoms with E-state index in [0.717, 1.165) is 0 Å². The second kappa shape index (κ2) is 40.5. The van der Waals surface area contributed by atoms with Crippen molar-refractivity contribution in [2.75, 3.05) is 0 Å². The number of rotatable bonds is 0. The molecule has 0 atom stereocenters. The maximum absolute atomic E-state index is 0. The van der Waals surface area contributed by atoms with E-state index in [1.165, 1.54) is 0 Å². The summed E-state index contributed by atoms with van der Waals surface area (Å²) < 4.78 is 0. The monoisotopic (exact) mass is 480 g/mol. The molecule has 54 valence electrons. The topological polar surface area (TPSA) is 0 Å². The fourth-order valence-electron chi connectivity index (χ4n) is 0. The van der Waals surface area contributed by atoms with Crippen molar-refractivity contribution in [1.29, 1.82) is 0 Å². The minimum atomic E-state index is 0. The van der Waals surface area contributed by atoms with Gasteiger partial charge in [-0.2, -0.15) is 0 Å². The molecular weight excluding hydrogens is 482 g/mol. The quantitative estimate of drug-likeness (QED) is 0.427. The Kier molecular flexibility index (Phi) is 396. The third kappa shape index (κ3) is 26.6. The Bertz CT molecular complexity index is 11.5. The van der Waals surface area contributed by atoms with Gasteiger partial charge in [-0.1, -0.05) is 0 Å². The number of hydrogen-bond acceptors (Lipinski definition) is 0. The largest absolute Gasteiger partial charge is 0 e. The van der Waals surface area contributed by atoms with Gasteiger partial charge in [-0.3, -0.25) is 0 Å². The average Bonchev–Trinajstić information content (AvgIpc) is 0. The summed E-state index contributed by atoms with van der Waals surface area (Å²) in [4.78, 5) is 0. The summed E-state index contributed by atoms with van der Waals surface area (Å²) in [5, 5.41) is 0. The smallest absolute Gasteiger partial charge is 0 e. The van der Waals surface area contributed by atoms with Crippen molar-refractivity contribution >= 4 is 0 Å². The van der Waals surface area contributed by atoms with Gasteiger partial charge < -0.3 is 0 Å². The molecular formula is AuCr2CuNi2. The molecule has 0 fully saturated rings. The first-order valence-electron chi connectivity index (χ1n) is 0. The van der Waals surface area contributed by atoms with Crippen LogP contribution >= 0.6 is 0 Å². The summed E-state index contributed by atoms with van der Waals surface area (Å²) in [7, 11) is 0. The molecule has 0 saturated heterocycles. The van der Waals surface area contributed by atoms with Crippen molar-refractivity contribution in [3.8, 4) is 0 Å². The maximum atomic E-state index is 0. The third-order valence-corrected chi connectivity index (χ3v) is 0. The molecule has 0 aliphatic rings. The van der Waals surface area contributed by atoms with E-state index < -0.39 is 0 Å². The van der Waals surface area contributed by atoms with E-state index in [0.29, 0.717) is 0 Å². The molecule has 0 unspecified atom stereocenters. The Morgan fingerprint density at radius 1 is 0.667 bits per heavy atom. The Hall–Kier alpha value is 3.31. The van der Waals surface area contributed by atoms with Crippen LogP contribution in [-0.2, 0) is 107 Å². The van der Waals surface area contributed by atoms with Crippen LogP contribution in [0.4, 0.5) is 0 Å². The minimum Gasteiger partial charge on any atom is 0 e. The van der Waals surface area contributed by atoms with E-state index >= 15 is 0 Å². The van der Waals surface area contributed by atoms with Crippen molar-refractivity contribution in [3.05, 3.63) is 0 Å². The molecule has 0 bridgehead atoms. The van der Waals surface area contributed by atoms with Gasteiger partial charge in [0.05, 0.1) is 0 Å². The van der Waals surface area contributed by atoms with Crippen LogP contribution in [0.25, 0.3) is 0 Å². The van der Waals surface area contributed by atoms with Crippen molar-refractivity contribution in [3.63, 3.8) is 0 Å². The van der Waals surface area contributed by atoms with Crippen LogP contribution in [0.15, 0.2) is 0 Å². The molecule has 0 nitrogen and oxygen atoms in total. The van der Waals surface area contributed by atoms with Crippen molar-refractivity contribution in [2.45, 2.75) is 0 Å². The van der Waals surface area contributed by atoms with E-state index in [9.17, 15) is 0 Å². The second-order valence-corrected chi connectivity index (χ2v) is 0. The van der Waals surface area contributed by atoms with Gasteiger partial charge in [0.25, 0.3) is 0 Å². The maximum Gasteiger partial charge on any atom is 0 e. The van der Waals surface area contributed by atoms with Gasteiger partial charge in [0.2, 0.25) is 0 Å². The van der Waals surface area contributed by atoms with Crippen LogP contribution in [0, 0.1) is 0 Å². The van der Waals surface area contributed by atoms with Crippen LogP contribution in [0.2, 0.25) is 0 Å². The van der Waals surface area contributed by atoms with Gasteiger partial charge in [0.1, 0.15) is 0 Å². The Balaban J connectivity index is 0. The van der Waals surface area contributed by atoms with Gasteiger partial charge in [0, 0.05) is 107 Å². The first kappa shape index (κ1) is 58.7. The molecule has 2 radical (unpaired) electrons. The minimum absolute atomic E-state index is 0. The van der Waals surface area contributed by atoms with Crippen molar-refractivity contribution in [2.24, 2.45) is 0 Å². The molecule has 0 aliphatic carbocycles. The molecule has 0 aromatic rings. The predicted octanol–water partition coefficient (Wildman–Crippen LogP) is -0.0150. The SMILES string of the molecule is [Au].[Cr].[Cr].[Cu].[Ni].[Ni]. The van der Waals surface area contributed by atoms with E-state index in [1.807, 2.05) is 0 Å². The predicted molar refractivity (Wildman–Crippen MR) is 0 cm³/mol. The first-order chi connectivity index (χ1) is 0. The van der Waals surface area contributed by atoms with E-state index in [1.54, 1.807) is 0 Å². The molecule has 0 spiro atoms. The summed E-state index contributed by atoms with van der Waals surface area (Å²) in [6.07, 6.45) is 0. The molecule has 0 N–H and O–H groups in total. The van der Waals surface area contributed by atoms with Gasteiger partial charge in [-0.15, -0.1) is 0 Å². The summed E-state index contributed by atoms with van der Waals surface area (Å²) in [6, 6.07) is 0. The molecule has 0 saturated carbocycles. The fraction of sp³-hybridized carbons (Fsp3) is 0. The summed E-state index contributed by atoms with van der Waals surface area (Å²) in [5.74, 6) is 0. The van der Waals surface area contributed by atoms with Crippen LogP contribution in [0.1, 0.15) is 0 Å². The van der Waals surface area contributed by atoms with Crippen LogP contribution < -0.4 is 0 Å². The van der Waals surface area contributed by atoms with Crippen molar-refractivity contribution < 1.29 is 107 Å². The van der Waals surface area contributed by atoms with Crippen LogP contribution in [-0.4, -0.2) is 0 Å². The Morgan fingerprint density at radius 2 is 0.667 bits per heavy atom. The normalized spacial score (nSPS) is 0. The number of hydrogen-bond donors (Lipinski definition) is 0. The van der Waals surface area contributed by atoms with Crippen molar-refractivity contribution in [1.82, 2.24) is 0 Å². The van der Waals surface area contributed by atoms with Crippen LogP contribution in [0.3, 0.4) is 0 Å². The van der Waals surface area contributed by atoms with Gasteiger partial charge in [-0.05, 0) is 0 Å². The molecule has 0 amide bonds. The van der Waals surface area contributed by atoms with E-state index in [-0.39, 0.29) is 107 Å². The standard InChI is InChI=1S/Au.2Cr.Cu.2Ni. The average molecular weight is 482 g/mol. The molecule has 6 heteroatoms. The first-order valence-corrected chi connectivity index (χ1v) is 0. The van der Waals surface area contributed by atoms with Crippen LogP contribution in [0.5, 0.6) is 0 Å². The van der Waals surface area contributed by atoms with E-state index in [4.69, 9.17) is 0 Å². The summed E-state index contributed by atoms with van der Waals surface area (Å²) in [5.41, 5.74) is 0. The molecule has 0 aromatic heterocycles. The molecule has 6 heavy (non-hydrogen) atoms. The zero-order valence-electron chi connectivity index (χ0n) is 2.05. The summed E-state index contributed by atoms with van der Waals surface area (Å²) in [6.45, 7) is 0. The van der Waals surface area contributed by atoms with Gasteiger partial charge in [0.15, 0.2) is 0 Å². The Morgan fingerprint density at radius 3 is 0.667 bits per heavy atom. The molecule has 0 aromatic carbocycles. The summed E-state index contributed by atoms with van der Waals surface area (Å²) >= 11 is 0.